The zero-order valence-electron chi connectivity index (χ0n) is 23.3. The molecule has 0 spiro atoms. The molecule has 2 heterocycles. The molecule has 12 heteroatoms. The van der Waals surface area contributed by atoms with Gasteiger partial charge in [0, 0.05) is 42.4 Å². The Morgan fingerprint density at radius 3 is 2.33 bits per heavy atom. The summed E-state index contributed by atoms with van der Waals surface area (Å²) < 4.78 is 88.5. The van der Waals surface area contributed by atoms with Gasteiger partial charge in [0.05, 0.1) is 12.8 Å². The van der Waals surface area contributed by atoms with Crippen molar-refractivity contribution < 1.29 is 35.9 Å². The predicted octanol–water partition coefficient (Wildman–Crippen LogP) is 8.08. The van der Waals surface area contributed by atoms with Gasteiger partial charge >= 0.3 is 18.3 Å². The highest BCUT2D eigenvalue weighted by Gasteiger charge is 2.39. The van der Waals surface area contributed by atoms with Gasteiger partial charge in [-0.1, -0.05) is 51.8 Å². The maximum Gasteiger partial charge on any atom is 0.449 e. The van der Waals surface area contributed by atoms with Crippen LogP contribution >= 0.6 is 0 Å². The average Bonchev–Trinajstić information content (AvgIpc) is 3.27. The van der Waals surface area contributed by atoms with Crippen LogP contribution in [-0.2, 0) is 28.7 Å². The largest absolute Gasteiger partial charge is 0.469 e. The Morgan fingerprint density at radius 2 is 1.75 bits per heavy atom. The van der Waals surface area contributed by atoms with Crippen molar-refractivity contribution in [2.75, 3.05) is 12.8 Å². The number of nitrogen functional groups attached to an aromatic ring is 1. The van der Waals surface area contributed by atoms with Gasteiger partial charge in [-0.2, -0.15) is 26.3 Å². The third-order valence-electron chi connectivity index (χ3n) is 5.77. The molecule has 0 atom stereocenters. The average molecular weight is 577 g/mol. The van der Waals surface area contributed by atoms with E-state index in [-0.39, 0.29) is 41.7 Å². The van der Waals surface area contributed by atoms with Crippen LogP contribution in [0, 0.1) is 0 Å². The topological polar surface area (TPSA) is 83.0 Å². The van der Waals surface area contributed by atoms with E-state index in [2.05, 4.69) is 14.7 Å². The fourth-order valence-corrected chi connectivity index (χ4v) is 3.88. The monoisotopic (exact) mass is 576 g/mol. The lowest BCUT2D eigenvalue weighted by Gasteiger charge is -2.15. The number of halogens is 6. The number of nitrogens with two attached hydrogens (primary N) is 1. The number of ether oxygens (including phenoxy) is 1. The van der Waals surface area contributed by atoms with Crippen LogP contribution in [0.3, 0.4) is 0 Å². The van der Waals surface area contributed by atoms with Crippen LogP contribution in [0.5, 0.6) is 0 Å². The molecule has 2 rings (SSSR count). The number of methoxy groups -OCH3 is 1. The van der Waals surface area contributed by atoms with Gasteiger partial charge in [-0.15, -0.1) is 0 Å². The standard InChI is InChI=1S/C26H32F6N4O2.C2H6/c1-3-4-7-10-19(25(27,28)29)12-13-20-23(18-14-15-34-21(33)17-18)35-24(26(30,31)32)36(20)16-9-6-5-8-11-22(37)38-2;1-2/h4,7,12,14-15,17H,3,5-6,8-11,13,16H2,1-2H3,(H2,33,34);1-2H3/b7-4-,19-12+;. The van der Waals surface area contributed by atoms with E-state index in [9.17, 15) is 31.1 Å². The summed E-state index contributed by atoms with van der Waals surface area (Å²) >= 11 is 0. The number of imidazole rings is 1. The maximum absolute atomic E-state index is 14.0. The number of nitrogens with zero attached hydrogens (tertiary/aromatic N) is 3. The molecule has 0 amide bonds. The van der Waals surface area contributed by atoms with E-state index >= 15 is 0 Å². The van der Waals surface area contributed by atoms with E-state index in [0.29, 0.717) is 32.1 Å². The van der Waals surface area contributed by atoms with Gasteiger partial charge in [-0.3, -0.25) is 4.79 Å². The molecule has 0 fully saturated rings. The quantitative estimate of drug-likeness (QED) is 0.113. The van der Waals surface area contributed by atoms with Crippen molar-refractivity contribution in [2.24, 2.45) is 0 Å². The molecule has 224 valence electrons. The highest BCUT2D eigenvalue weighted by molar-refractivity contribution is 5.69. The van der Waals surface area contributed by atoms with Crippen LogP contribution in [0.25, 0.3) is 11.3 Å². The van der Waals surface area contributed by atoms with Crippen LogP contribution < -0.4 is 5.73 Å². The lowest BCUT2D eigenvalue weighted by molar-refractivity contribution is -0.147. The number of hydrogen-bond acceptors (Lipinski definition) is 5. The first-order valence-electron chi connectivity index (χ1n) is 13.2. The zero-order valence-corrected chi connectivity index (χ0v) is 23.3. The molecule has 0 aliphatic rings. The Kier molecular flexibility index (Phi) is 14.5. The predicted molar refractivity (Wildman–Crippen MR) is 143 cm³/mol. The summed E-state index contributed by atoms with van der Waals surface area (Å²) in [7, 11) is 1.27. The van der Waals surface area contributed by atoms with Gasteiger partial charge in [0.1, 0.15) is 5.82 Å². The number of carbonyl (C=O) groups is 1. The Morgan fingerprint density at radius 1 is 1.07 bits per heavy atom. The molecule has 6 nitrogen and oxygen atoms in total. The number of alkyl halides is 6. The highest BCUT2D eigenvalue weighted by atomic mass is 19.4. The van der Waals surface area contributed by atoms with Crippen LogP contribution in [0.15, 0.2) is 42.1 Å². The molecule has 0 saturated heterocycles. The van der Waals surface area contributed by atoms with E-state index in [1.807, 2.05) is 13.8 Å². The lowest BCUT2D eigenvalue weighted by atomic mass is 10.1. The second kappa shape index (κ2) is 16.7. The first-order chi connectivity index (χ1) is 18.9. The molecule has 2 aromatic heterocycles. The van der Waals surface area contributed by atoms with Crippen LogP contribution in [0.2, 0.25) is 0 Å². The summed E-state index contributed by atoms with van der Waals surface area (Å²) in [6.07, 6.45) is -2.43. The smallest absolute Gasteiger partial charge is 0.449 e. The number of carbonyl (C=O) groups excluding carboxylic acids is 1. The first kappa shape index (κ1) is 34.7. The minimum absolute atomic E-state index is 0.00120. The molecule has 0 aromatic carbocycles. The van der Waals surface area contributed by atoms with Crippen molar-refractivity contribution in [1.29, 1.82) is 0 Å². The number of pyridine rings is 1. The van der Waals surface area contributed by atoms with Crippen LogP contribution in [0.4, 0.5) is 32.2 Å². The number of anilines is 1. The fraction of sp³-hybridized carbons (Fsp3) is 0.536. The molecule has 2 aromatic rings. The molecule has 0 radical (unpaired) electrons. The third-order valence-corrected chi connectivity index (χ3v) is 5.77. The van der Waals surface area contributed by atoms with Crippen molar-refractivity contribution in [1.82, 2.24) is 14.5 Å². The van der Waals surface area contributed by atoms with Crippen molar-refractivity contribution in [3.8, 4) is 11.3 Å². The lowest BCUT2D eigenvalue weighted by Crippen LogP contribution is -2.17. The second-order valence-electron chi connectivity index (χ2n) is 8.60. The Balaban J connectivity index is 0.00000391. The minimum Gasteiger partial charge on any atom is -0.469 e. The molecule has 40 heavy (non-hydrogen) atoms. The van der Waals surface area contributed by atoms with E-state index in [1.54, 1.807) is 13.0 Å². The summed E-state index contributed by atoms with van der Waals surface area (Å²) in [6, 6.07) is 2.75. The fourth-order valence-electron chi connectivity index (χ4n) is 3.88. The molecule has 0 unspecified atom stereocenters. The Bertz CT molecular complexity index is 1120. The number of esters is 1. The number of hydrogen-bond donors (Lipinski definition) is 1. The van der Waals surface area contributed by atoms with E-state index < -0.39 is 36.6 Å². The zero-order chi connectivity index (χ0) is 30.3. The summed E-state index contributed by atoms with van der Waals surface area (Å²) in [5, 5.41) is 0. The van der Waals surface area contributed by atoms with Gasteiger partial charge in [-0.25, -0.2) is 9.97 Å². The summed E-state index contributed by atoms with van der Waals surface area (Å²) in [5.41, 5.74) is 4.98. The van der Waals surface area contributed by atoms with Crippen molar-refractivity contribution in [3.63, 3.8) is 0 Å². The minimum atomic E-state index is -4.84. The molecule has 0 saturated carbocycles. The van der Waals surface area contributed by atoms with E-state index in [4.69, 9.17) is 5.73 Å². The van der Waals surface area contributed by atoms with E-state index in [0.717, 1.165) is 10.6 Å². The van der Waals surface area contributed by atoms with E-state index in [1.165, 1.54) is 31.5 Å². The maximum atomic E-state index is 14.0. The van der Waals surface area contributed by atoms with Crippen molar-refractivity contribution >= 4 is 11.8 Å². The summed E-state index contributed by atoms with van der Waals surface area (Å²) in [5.74, 6) is -1.53. The molecule has 0 bridgehead atoms. The van der Waals surface area contributed by atoms with Gasteiger partial charge in [0.25, 0.3) is 0 Å². The van der Waals surface area contributed by atoms with Crippen LogP contribution in [0.1, 0.15) is 77.2 Å². The Labute approximate surface area is 231 Å². The number of aromatic nitrogens is 3. The second-order valence-corrected chi connectivity index (χ2v) is 8.60. The normalized spacial score (nSPS) is 12.4. The number of allylic oxidation sites excluding steroid dienone is 4. The molecule has 0 aliphatic heterocycles. The third kappa shape index (κ3) is 11.1. The van der Waals surface area contributed by atoms with Crippen molar-refractivity contribution in [2.45, 2.75) is 91.0 Å². The Hall–Kier alpha value is -3.31. The summed E-state index contributed by atoms with van der Waals surface area (Å²) in [6.45, 7) is 5.67. The first-order valence-corrected chi connectivity index (χ1v) is 13.2. The number of rotatable bonds is 13. The van der Waals surface area contributed by atoms with Gasteiger partial charge in [-0.05, 0) is 37.8 Å². The molecule has 2 N–H and O–H groups in total. The molecular formula is C28H38F6N4O2. The summed E-state index contributed by atoms with van der Waals surface area (Å²) in [4.78, 5) is 18.9. The molecular weight excluding hydrogens is 538 g/mol. The van der Waals surface area contributed by atoms with Gasteiger partial charge < -0.3 is 15.0 Å². The SMILES string of the molecule is CC.CC/C=C\C/C(=C\Cc1c(-c2ccnc(N)c2)nc(C(F)(F)F)n1CCCCCCC(=O)OC)C(F)(F)F. The highest BCUT2D eigenvalue weighted by Crippen LogP contribution is 2.36. The van der Waals surface area contributed by atoms with Crippen molar-refractivity contribution in [3.05, 3.63) is 53.6 Å². The number of unbranched alkanes of at least 4 members (excludes halogenated alkanes) is 3. The molecule has 0 aliphatic carbocycles. The van der Waals surface area contributed by atoms with Crippen LogP contribution in [-0.4, -0.2) is 33.8 Å². The van der Waals surface area contributed by atoms with Gasteiger partial charge in [0.2, 0.25) is 5.82 Å². The van der Waals surface area contributed by atoms with Gasteiger partial charge in [0.15, 0.2) is 0 Å².